The Labute approximate surface area is 258 Å². The minimum atomic E-state index is -3.99. The third-order valence-corrected chi connectivity index (χ3v) is 12.3. The van der Waals surface area contributed by atoms with E-state index in [0.29, 0.717) is 11.5 Å². The van der Waals surface area contributed by atoms with Crippen molar-refractivity contribution in [2.75, 3.05) is 32.9 Å². The summed E-state index contributed by atoms with van der Waals surface area (Å²) in [6.45, 7) is 3.90. The number of hydrogen-bond donors (Lipinski definition) is 0. The number of methoxy groups -OCH3 is 2. The summed E-state index contributed by atoms with van der Waals surface area (Å²) in [6, 6.07) is 24.6. The second kappa shape index (κ2) is 15.3. The second-order valence-corrected chi connectivity index (χ2v) is 15.8. The Morgan fingerprint density at radius 1 is 0.455 bits per heavy atom. The molecule has 0 fully saturated rings. The minimum Gasteiger partial charge on any atom is -0.468 e. The fraction of sp³-hybridized carbons (Fsp3) is 0.226. The van der Waals surface area contributed by atoms with E-state index in [1.807, 2.05) is 13.8 Å². The van der Waals surface area contributed by atoms with Crippen molar-refractivity contribution in [3.05, 3.63) is 108 Å². The minimum absolute atomic E-state index is 0.0169. The number of aryl methyl sites for hydroxylation is 2. The van der Waals surface area contributed by atoms with Crippen LogP contribution in [0.3, 0.4) is 0 Å². The quantitative estimate of drug-likeness (QED) is 0.191. The van der Waals surface area contributed by atoms with E-state index in [2.05, 4.69) is 0 Å². The van der Waals surface area contributed by atoms with Crippen LogP contribution in [0.2, 0.25) is 0 Å². The molecule has 0 saturated carbocycles. The van der Waals surface area contributed by atoms with Crippen LogP contribution in [-0.4, -0.2) is 58.1 Å². The Bertz CT molecular complexity index is 1820. The van der Waals surface area contributed by atoms with Gasteiger partial charge >= 0.3 is 0 Å². The van der Waals surface area contributed by atoms with E-state index in [4.69, 9.17) is 18.9 Å². The molecule has 0 aliphatic carbocycles. The zero-order valence-corrected chi connectivity index (χ0v) is 27.1. The summed E-state index contributed by atoms with van der Waals surface area (Å²) in [4.78, 5) is 0.430. The van der Waals surface area contributed by atoms with E-state index in [-0.39, 0.29) is 33.2 Å². The Balaban J connectivity index is 0.000000244. The zero-order chi connectivity index (χ0) is 32.4. The molecule has 4 aromatic rings. The number of ether oxygens (including phenoxy) is 4. The van der Waals surface area contributed by atoms with Crippen LogP contribution < -0.4 is 9.47 Å². The molecule has 0 heterocycles. The van der Waals surface area contributed by atoms with Gasteiger partial charge in [0.2, 0.25) is 9.84 Å². The normalized spacial score (nSPS) is 11.7. The Hall–Kier alpha value is -3.75. The Morgan fingerprint density at radius 2 is 0.750 bits per heavy atom. The van der Waals surface area contributed by atoms with Gasteiger partial charge in [-0.25, -0.2) is 25.3 Å². The predicted molar refractivity (Wildman–Crippen MR) is 165 cm³/mol. The lowest BCUT2D eigenvalue weighted by atomic mass is 10.2. The summed E-state index contributed by atoms with van der Waals surface area (Å²) < 4.78 is 94.1. The van der Waals surface area contributed by atoms with Gasteiger partial charge in [-0.15, -0.1) is 0 Å². The van der Waals surface area contributed by atoms with Gasteiger partial charge in [-0.2, -0.15) is 0 Å². The number of rotatable bonds is 12. The molecule has 0 bridgehead atoms. The predicted octanol–water partition coefficient (Wildman–Crippen LogP) is 4.99. The fourth-order valence-electron chi connectivity index (χ4n) is 3.65. The van der Waals surface area contributed by atoms with Crippen LogP contribution >= 0.6 is 0 Å². The summed E-state index contributed by atoms with van der Waals surface area (Å²) in [5.41, 5.74) is 1.91. The Morgan fingerprint density at radius 3 is 1.09 bits per heavy atom. The molecule has 236 valence electrons. The monoisotopic (exact) mass is 662 g/mol. The summed E-state index contributed by atoms with van der Waals surface area (Å²) in [5.74, 6) is 0.992. The van der Waals surface area contributed by atoms with Crippen LogP contribution in [0.15, 0.2) is 117 Å². The van der Waals surface area contributed by atoms with Crippen molar-refractivity contribution in [3.63, 3.8) is 0 Å². The molecule has 0 aliphatic rings. The van der Waals surface area contributed by atoms with E-state index < -0.39 is 34.6 Å². The van der Waals surface area contributed by atoms with Crippen molar-refractivity contribution in [2.24, 2.45) is 0 Å². The van der Waals surface area contributed by atoms with Crippen molar-refractivity contribution in [2.45, 2.75) is 33.4 Å². The van der Waals surface area contributed by atoms with Crippen molar-refractivity contribution < 1.29 is 44.2 Å². The lowest BCUT2D eigenvalue weighted by molar-refractivity contribution is 0.0509. The highest BCUT2D eigenvalue weighted by molar-refractivity contribution is 8.08. The van der Waals surface area contributed by atoms with Crippen molar-refractivity contribution >= 4 is 29.5 Å². The third kappa shape index (κ3) is 9.63. The molecular formula is C31H34O10S3. The second-order valence-electron chi connectivity index (χ2n) is 9.52. The maximum atomic E-state index is 12.4. The summed E-state index contributed by atoms with van der Waals surface area (Å²) >= 11 is 0. The molecule has 44 heavy (non-hydrogen) atoms. The van der Waals surface area contributed by atoms with Gasteiger partial charge < -0.3 is 18.9 Å². The molecule has 0 unspecified atom stereocenters. The average Bonchev–Trinajstić information content (AvgIpc) is 2.99. The van der Waals surface area contributed by atoms with Gasteiger partial charge in [-0.3, -0.25) is 0 Å². The third-order valence-electron chi connectivity index (χ3n) is 6.03. The van der Waals surface area contributed by atoms with Gasteiger partial charge in [0.05, 0.1) is 19.6 Å². The van der Waals surface area contributed by atoms with Crippen molar-refractivity contribution in [1.82, 2.24) is 0 Å². The molecular weight excluding hydrogens is 629 g/mol. The first-order valence-corrected chi connectivity index (χ1v) is 17.8. The van der Waals surface area contributed by atoms with Crippen LogP contribution in [0, 0.1) is 13.8 Å². The van der Waals surface area contributed by atoms with Crippen molar-refractivity contribution in [3.8, 4) is 11.5 Å². The van der Waals surface area contributed by atoms with Crippen LogP contribution in [0.5, 0.6) is 11.5 Å². The topological polar surface area (TPSA) is 139 Å². The molecule has 0 amide bonds. The molecule has 0 radical (unpaired) electrons. The lowest BCUT2D eigenvalue weighted by Gasteiger charge is -2.08. The maximum absolute atomic E-state index is 12.4. The first-order chi connectivity index (χ1) is 20.8. The molecule has 0 aliphatic heterocycles. The number of hydrogen-bond acceptors (Lipinski definition) is 10. The highest BCUT2D eigenvalue weighted by Gasteiger charge is 2.26. The summed E-state index contributed by atoms with van der Waals surface area (Å²) in [7, 11) is -8.42. The van der Waals surface area contributed by atoms with E-state index in [1.54, 1.807) is 48.5 Å². The molecule has 0 N–H and O–H groups in total. The van der Waals surface area contributed by atoms with Crippen LogP contribution in [0.4, 0.5) is 0 Å². The van der Waals surface area contributed by atoms with E-state index in [9.17, 15) is 25.3 Å². The maximum Gasteiger partial charge on any atom is 0.206 e. The lowest BCUT2D eigenvalue weighted by Crippen LogP contribution is -2.17. The molecule has 10 nitrogen and oxygen atoms in total. The SMILES string of the molecule is COCOc1ccc(S(=O)(=O)CS(=O)(=O)c2ccc(C)cc2)cc1.COCOc1ccc(S(=O)(=O)c2ccc(C)cc2)cc1. The van der Waals surface area contributed by atoms with E-state index in [1.165, 1.54) is 62.8 Å². The first kappa shape index (κ1) is 34.7. The largest absolute Gasteiger partial charge is 0.468 e. The van der Waals surface area contributed by atoms with Crippen LogP contribution in [0.1, 0.15) is 11.1 Å². The van der Waals surface area contributed by atoms with E-state index >= 15 is 0 Å². The van der Waals surface area contributed by atoms with Crippen LogP contribution in [-0.2, 0) is 39.0 Å². The molecule has 0 saturated heterocycles. The highest BCUT2D eigenvalue weighted by atomic mass is 32.3. The van der Waals surface area contributed by atoms with Gasteiger partial charge in [0.25, 0.3) is 0 Å². The molecule has 0 atom stereocenters. The Kier molecular flexibility index (Phi) is 12.1. The zero-order valence-electron chi connectivity index (χ0n) is 24.7. The smallest absolute Gasteiger partial charge is 0.206 e. The fourth-order valence-corrected chi connectivity index (χ4v) is 8.74. The molecule has 4 aromatic carbocycles. The average molecular weight is 663 g/mol. The standard InChI is InChI=1S/C16H18O6S2.C15H16O4S/c1-13-3-7-15(8-4-13)23(17,18)12-24(19,20)16-9-5-14(6-10-16)22-11-21-2;1-12-3-7-14(8-4-12)20(16,17)15-9-5-13(6-10-15)19-11-18-2/h3-10H,11-12H2,1-2H3;3-10H,11H2,1-2H3. The number of sulfone groups is 3. The number of benzene rings is 4. The first-order valence-electron chi connectivity index (χ1n) is 13.1. The van der Waals surface area contributed by atoms with Gasteiger partial charge in [0.1, 0.15) is 11.5 Å². The van der Waals surface area contributed by atoms with Gasteiger partial charge in [0.15, 0.2) is 38.3 Å². The van der Waals surface area contributed by atoms with Gasteiger partial charge in [-0.1, -0.05) is 35.4 Å². The van der Waals surface area contributed by atoms with Crippen molar-refractivity contribution in [1.29, 1.82) is 0 Å². The highest BCUT2D eigenvalue weighted by Crippen LogP contribution is 2.24. The molecule has 13 heteroatoms. The van der Waals surface area contributed by atoms with Gasteiger partial charge in [-0.05, 0) is 86.6 Å². The summed E-state index contributed by atoms with van der Waals surface area (Å²) in [6.07, 6.45) is 0. The molecule has 0 spiro atoms. The molecule has 4 rings (SSSR count). The van der Waals surface area contributed by atoms with E-state index in [0.717, 1.165) is 11.1 Å². The summed E-state index contributed by atoms with van der Waals surface area (Å²) in [5, 5.41) is -0.985. The van der Waals surface area contributed by atoms with Crippen LogP contribution in [0.25, 0.3) is 0 Å². The van der Waals surface area contributed by atoms with Gasteiger partial charge in [0, 0.05) is 14.2 Å². The molecule has 0 aromatic heterocycles.